The maximum absolute atomic E-state index is 12.9. The zero-order chi connectivity index (χ0) is 29.2. The Morgan fingerprint density at radius 2 is 1.41 bits per heavy atom. The molecule has 7 nitrogen and oxygen atoms in total. The Morgan fingerprint density at radius 1 is 0.878 bits per heavy atom. The summed E-state index contributed by atoms with van der Waals surface area (Å²) in [6.45, 7) is 8.30. The molecule has 1 amide bonds. The van der Waals surface area contributed by atoms with Crippen molar-refractivity contribution < 1.29 is 28.7 Å². The fourth-order valence-electron chi connectivity index (χ4n) is 5.11. The van der Waals surface area contributed by atoms with Crippen molar-refractivity contribution in [2.24, 2.45) is 0 Å². The maximum atomic E-state index is 12.9. The predicted octanol–water partition coefficient (Wildman–Crippen LogP) is 6.34. The van der Waals surface area contributed by atoms with Crippen LogP contribution in [0.5, 0.6) is 0 Å². The third-order valence-corrected chi connectivity index (χ3v) is 8.04. The number of benzene rings is 3. The summed E-state index contributed by atoms with van der Waals surface area (Å²) in [5.74, 6) is -1.03. The third kappa shape index (κ3) is 6.14. The Morgan fingerprint density at radius 3 is 1.98 bits per heavy atom. The first-order valence-corrected chi connectivity index (χ1v) is 13.7. The van der Waals surface area contributed by atoms with Crippen LogP contribution in [0.15, 0.2) is 84.3 Å². The van der Waals surface area contributed by atoms with Gasteiger partial charge >= 0.3 is 19.2 Å². The summed E-state index contributed by atoms with van der Waals surface area (Å²) in [5.41, 5.74) is 5.90. The van der Waals surface area contributed by atoms with Gasteiger partial charge < -0.3 is 24.5 Å². The number of ether oxygens (including phenoxy) is 1. The number of carboxylic acids is 1. The van der Waals surface area contributed by atoms with E-state index in [0.29, 0.717) is 0 Å². The standard InChI is InChI=1S/C33H34BNO6/c1-32(2)33(3,4)41-34(40-32)24(19-23-15-13-22(14-16-23)17-18-30(36)37)20-35-31(38)39-21-29-27-11-7-5-9-25(27)26-10-6-8-12-28(26)29/h5-19,29H,20-21H2,1-4H3,(H,35,38)(H,36,37)/b18-17+,24-19?. The minimum Gasteiger partial charge on any atom is -0.478 e. The van der Waals surface area contributed by atoms with Crippen molar-refractivity contribution in [2.75, 3.05) is 13.2 Å². The summed E-state index contributed by atoms with van der Waals surface area (Å²) in [6, 6.07) is 23.8. The molecule has 2 N–H and O–H groups in total. The minimum absolute atomic E-state index is 0.0278. The number of amides is 1. The Labute approximate surface area is 241 Å². The van der Waals surface area contributed by atoms with Crippen molar-refractivity contribution in [1.82, 2.24) is 5.32 Å². The van der Waals surface area contributed by atoms with Crippen LogP contribution in [-0.4, -0.2) is 48.6 Å². The zero-order valence-corrected chi connectivity index (χ0v) is 23.7. The molecule has 5 rings (SSSR count). The van der Waals surface area contributed by atoms with Crippen LogP contribution in [0.25, 0.3) is 23.3 Å². The normalized spacial score (nSPS) is 17.4. The second-order valence-electron chi connectivity index (χ2n) is 11.3. The van der Waals surface area contributed by atoms with E-state index in [2.05, 4.69) is 29.6 Å². The van der Waals surface area contributed by atoms with E-state index < -0.39 is 30.4 Å². The first-order chi connectivity index (χ1) is 19.5. The van der Waals surface area contributed by atoms with Crippen molar-refractivity contribution in [3.63, 3.8) is 0 Å². The Bertz CT molecular complexity index is 1450. The molecule has 2 aliphatic rings. The van der Waals surface area contributed by atoms with Gasteiger partial charge in [0.1, 0.15) is 6.61 Å². The summed E-state index contributed by atoms with van der Waals surface area (Å²) < 4.78 is 18.3. The van der Waals surface area contributed by atoms with E-state index in [1.54, 1.807) is 0 Å². The number of aliphatic carboxylic acids is 1. The highest BCUT2D eigenvalue weighted by atomic mass is 16.7. The number of rotatable bonds is 8. The van der Waals surface area contributed by atoms with Crippen LogP contribution in [0.1, 0.15) is 55.9 Å². The Kier molecular flexibility index (Phi) is 7.89. The number of carbonyl (C=O) groups is 2. The number of fused-ring (bicyclic) bond motifs is 3. The molecule has 0 saturated carbocycles. The molecule has 3 aromatic rings. The summed E-state index contributed by atoms with van der Waals surface area (Å²) in [7, 11) is -0.666. The van der Waals surface area contributed by atoms with E-state index in [0.717, 1.165) is 33.8 Å². The summed E-state index contributed by atoms with van der Waals surface area (Å²) >= 11 is 0. The van der Waals surface area contributed by atoms with Crippen molar-refractivity contribution in [3.8, 4) is 11.1 Å². The van der Waals surface area contributed by atoms with Gasteiger partial charge in [-0.3, -0.25) is 0 Å². The van der Waals surface area contributed by atoms with Gasteiger partial charge in [0, 0.05) is 18.5 Å². The van der Waals surface area contributed by atoms with Crippen LogP contribution in [0.2, 0.25) is 0 Å². The van der Waals surface area contributed by atoms with Gasteiger partial charge in [0.15, 0.2) is 0 Å². The third-order valence-electron chi connectivity index (χ3n) is 8.04. The van der Waals surface area contributed by atoms with Crippen molar-refractivity contribution in [2.45, 2.75) is 44.8 Å². The first kappa shape index (κ1) is 28.4. The molecule has 0 atom stereocenters. The average molecular weight is 551 g/mol. The van der Waals surface area contributed by atoms with E-state index >= 15 is 0 Å². The van der Waals surface area contributed by atoms with Gasteiger partial charge in [-0.05, 0) is 72.6 Å². The molecule has 41 heavy (non-hydrogen) atoms. The van der Waals surface area contributed by atoms with Gasteiger partial charge in [-0.15, -0.1) is 0 Å². The van der Waals surface area contributed by atoms with Gasteiger partial charge in [0.05, 0.1) is 11.2 Å². The molecule has 1 fully saturated rings. The Hall–Kier alpha value is -4.14. The fourth-order valence-corrected chi connectivity index (χ4v) is 5.11. The molecule has 3 aromatic carbocycles. The van der Waals surface area contributed by atoms with E-state index in [1.807, 2.05) is 82.3 Å². The zero-order valence-electron chi connectivity index (χ0n) is 23.7. The SMILES string of the molecule is CC1(C)OB(C(=Cc2ccc(/C=C/C(=O)O)cc2)CNC(=O)OCC2c3ccccc3-c3ccccc32)OC1(C)C. The number of carbonyl (C=O) groups excluding carboxylic acids is 1. The van der Waals surface area contributed by atoms with E-state index in [4.69, 9.17) is 19.2 Å². The predicted molar refractivity (Wildman–Crippen MR) is 160 cm³/mol. The lowest BCUT2D eigenvalue weighted by Gasteiger charge is -2.32. The number of alkyl carbamates (subject to hydrolysis) is 1. The van der Waals surface area contributed by atoms with Crippen molar-refractivity contribution in [1.29, 1.82) is 0 Å². The van der Waals surface area contributed by atoms with Gasteiger partial charge in [0.2, 0.25) is 0 Å². The van der Waals surface area contributed by atoms with Crippen LogP contribution in [0.4, 0.5) is 4.79 Å². The lowest BCUT2D eigenvalue weighted by Crippen LogP contribution is -2.41. The second-order valence-corrected chi connectivity index (χ2v) is 11.3. The van der Waals surface area contributed by atoms with Gasteiger partial charge in [-0.2, -0.15) is 0 Å². The summed E-state index contributed by atoms with van der Waals surface area (Å²) in [4.78, 5) is 23.7. The monoisotopic (exact) mass is 551 g/mol. The smallest absolute Gasteiger partial charge is 0.478 e. The average Bonchev–Trinajstić information content (AvgIpc) is 3.38. The molecule has 210 valence electrons. The molecule has 0 radical (unpaired) electrons. The minimum atomic E-state index is -1.00. The van der Waals surface area contributed by atoms with Gasteiger partial charge in [-0.25, -0.2) is 9.59 Å². The number of hydrogen-bond acceptors (Lipinski definition) is 5. The molecule has 0 aromatic heterocycles. The fraction of sp³-hybridized carbons (Fsp3) is 0.273. The molecule has 0 bridgehead atoms. The molecule has 8 heteroatoms. The molecular formula is C33H34BNO6. The highest BCUT2D eigenvalue weighted by Crippen LogP contribution is 2.44. The van der Waals surface area contributed by atoms with Crippen LogP contribution >= 0.6 is 0 Å². The van der Waals surface area contributed by atoms with Gasteiger partial charge in [0.25, 0.3) is 0 Å². The van der Waals surface area contributed by atoms with E-state index in [-0.39, 0.29) is 19.1 Å². The summed E-state index contributed by atoms with van der Waals surface area (Å²) in [6.07, 6.45) is 4.02. The van der Waals surface area contributed by atoms with Crippen LogP contribution in [-0.2, 0) is 18.8 Å². The first-order valence-electron chi connectivity index (χ1n) is 13.7. The molecule has 0 unspecified atom stereocenters. The Balaban J connectivity index is 1.29. The second kappa shape index (κ2) is 11.4. The van der Waals surface area contributed by atoms with Crippen LogP contribution in [0.3, 0.4) is 0 Å². The molecule has 1 saturated heterocycles. The summed E-state index contributed by atoms with van der Waals surface area (Å²) in [5, 5.41) is 11.8. The lowest BCUT2D eigenvalue weighted by molar-refractivity contribution is -0.131. The molecular weight excluding hydrogens is 517 g/mol. The lowest BCUT2D eigenvalue weighted by atomic mass is 9.77. The number of nitrogens with one attached hydrogen (secondary N) is 1. The molecule has 1 heterocycles. The quantitative estimate of drug-likeness (QED) is 0.251. The molecule has 1 aliphatic carbocycles. The van der Waals surface area contributed by atoms with Crippen LogP contribution < -0.4 is 5.32 Å². The topological polar surface area (TPSA) is 94.1 Å². The molecule has 0 spiro atoms. The van der Waals surface area contributed by atoms with Gasteiger partial charge in [-0.1, -0.05) is 78.9 Å². The van der Waals surface area contributed by atoms with E-state index in [1.165, 1.54) is 17.2 Å². The maximum Gasteiger partial charge on any atom is 0.492 e. The largest absolute Gasteiger partial charge is 0.492 e. The number of hydrogen-bond donors (Lipinski definition) is 2. The molecule has 1 aliphatic heterocycles. The van der Waals surface area contributed by atoms with Crippen molar-refractivity contribution in [3.05, 3.63) is 107 Å². The highest BCUT2D eigenvalue weighted by molar-refractivity contribution is 6.56. The van der Waals surface area contributed by atoms with Crippen molar-refractivity contribution >= 4 is 31.3 Å². The number of carboxylic acid groups (broad SMARTS) is 1. The highest BCUT2D eigenvalue weighted by Gasteiger charge is 2.52. The van der Waals surface area contributed by atoms with E-state index in [9.17, 15) is 9.59 Å². The van der Waals surface area contributed by atoms with Crippen LogP contribution in [0, 0.1) is 0 Å².